The molecule has 0 spiro atoms. The lowest BCUT2D eigenvalue weighted by molar-refractivity contribution is -0.146. The summed E-state index contributed by atoms with van der Waals surface area (Å²) in [4.78, 5) is 33.6. The van der Waals surface area contributed by atoms with Crippen molar-refractivity contribution < 1.29 is 24.2 Å². The van der Waals surface area contributed by atoms with Crippen LogP contribution in [0, 0.1) is 0 Å². The average Bonchev–Trinajstić information content (AvgIpc) is 2.43. The Balaban J connectivity index is 2.32. The van der Waals surface area contributed by atoms with Crippen molar-refractivity contribution in [3.8, 4) is 5.75 Å². The molecular formula is C16H21NO5. The number of benzene rings is 1. The number of carbonyl (C=O) groups is 3. The minimum Gasteiger partial charge on any atom is -0.494 e. The van der Waals surface area contributed by atoms with Crippen molar-refractivity contribution in [2.75, 3.05) is 6.61 Å². The molecule has 1 rings (SSSR count). The monoisotopic (exact) mass is 307 g/mol. The third-order valence-electron chi connectivity index (χ3n) is 3.06. The van der Waals surface area contributed by atoms with E-state index in [4.69, 9.17) is 9.84 Å². The van der Waals surface area contributed by atoms with Crippen LogP contribution in [0.5, 0.6) is 5.75 Å². The number of nitrogens with one attached hydrogen (secondary N) is 1. The van der Waals surface area contributed by atoms with Crippen LogP contribution in [0.2, 0.25) is 0 Å². The molecule has 6 heteroatoms. The second kappa shape index (κ2) is 7.59. The Bertz CT molecular complexity index is 548. The number of ketones is 1. The summed E-state index contributed by atoms with van der Waals surface area (Å²) in [7, 11) is 0. The zero-order valence-corrected chi connectivity index (χ0v) is 13.0. The maximum Gasteiger partial charge on any atom is 0.328 e. The predicted molar refractivity (Wildman–Crippen MR) is 81.0 cm³/mol. The highest BCUT2D eigenvalue weighted by molar-refractivity contribution is 5.94. The van der Waals surface area contributed by atoms with E-state index in [0.717, 1.165) is 0 Å². The lowest BCUT2D eigenvalue weighted by Crippen LogP contribution is -2.49. The number of aliphatic carboxylic acids is 1. The van der Waals surface area contributed by atoms with Crippen LogP contribution in [0.4, 0.5) is 0 Å². The smallest absolute Gasteiger partial charge is 0.328 e. The van der Waals surface area contributed by atoms with Gasteiger partial charge in [-0.05, 0) is 51.5 Å². The molecule has 0 radical (unpaired) electrons. The molecule has 0 aromatic heterocycles. The largest absolute Gasteiger partial charge is 0.494 e. The standard InChI is InChI=1S/C16H21NO5/c1-11(18)12-6-8-13(9-7-12)22-10-4-5-14(19)17-16(2,3)15(20)21/h6-9H,4-5,10H2,1-3H3,(H,17,19)(H,20,21). The van der Waals surface area contributed by atoms with Crippen molar-refractivity contribution >= 4 is 17.7 Å². The third kappa shape index (κ3) is 5.55. The number of amides is 1. The maximum atomic E-state index is 11.6. The summed E-state index contributed by atoms with van der Waals surface area (Å²) in [6.07, 6.45) is 0.651. The first-order valence-electron chi connectivity index (χ1n) is 7.00. The highest BCUT2D eigenvalue weighted by Crippen LogP contribution is 2.13. The van der Waals surface area contributed by atoms with Gasteiger partial charge in [-0.3, -0.25) is 9.59 Å². The van der Waals surface area contributed by atoms with E-state index in [2.05, 4.69) is 5.32 Å². The van der Waals surface area contributed by atoms with Gasteiger partial charge in [-0.2, -0.15) is 0 Å². The molecule has 0 aliphatic heterocycles. The van der Waals surface area contributed by atoms with Crippen LogP contribution in [-0.4, -0.2) is 34.9 Å². The summed E-state index contributed by atoms with van der Waals surface area (Å²) in [6, 6.07) is 6.76. The topological polar surface area (TPSA) is 92.7 Å². The molecule has 1 amide bonds. The lowest BCUT2D eigenvalue weighted by Gasteiger charge is -2.20. The van der Waals surface area contributed by atoms with Gasteiger partial charge in [0.15, 0.2) is 5.78 Å². The SMILES string of the molecule is CC(=O)c1ccc(OCCCC(=O)NC(C)(C)C(=O)O)cc1. The minimum atomic E-state index is -1.28. The first-order valence-corrected chi connectivity index (χ1v) is 7.00. The quantitative estimate of drug-likeness (QED) is 0.566. The van der Waals surface area contributed by atoms with Crippen molar-refractivity contribution in [2.24, 2.45) is 0 Å². The molecule has 0 aliphatic carbocycles. The van der Waals surface area contributed by atoms with Gasteiger partial charge < -0.3 is 15.2 Å². The fourth-order valence-corrected chi connectivity index (χ4v) is 1.67. The molecule has 2 N–H and O–H groups in total. The highest BCUT2D eigenvalue weighted by atomic mass is 16.5. The molecule has 120 valence electrons. The minimum absolute atomic E-state index is 0.00994. The van der Waals surface area contributed by atoms with Crippen LogP contribution in [0.1, 0.15) is 44.0 Å². The van der Waals surface area contributed by atoms with E-state index in [1.165, 1.54) is 20.8 Å². The molecule has 1 aromatic rings. The summed E-state index contributed by atoms with van der Waals surface area (Å²) in [5.74, 6) is -0.800. The molecule has 0 aliphatic rings. The van der Waals surface area contributed by atoms with E-state index in [9.17, 15) is 14.4 Å². The number of ether oxygens (including phenoxy) is 1. The van der Waals surface area contributed by atoms with E-state index < -0.39 is 11.5 Å². The Hall–Kier alpha value is -2.37. The number of hydrogen-bond acceptors (Lipinski definition) is 4. The van der Waals surface area contributed by atoms with Crippen LogP contribution in [0.15, 0.2) is 24.3 Å². The predicted octanol–water partition coefficient (Wildman–Crippen LogP) is 2.03. The van der Waals surface area contributed by atoms with Gasteiger partial charge in [0.25, 0.3) is 0 Å². The molecule has 0 atom stereocenters. The third-order valence-corrected chi connectivity index (χ3v) is 3.06. The number of carboxylic acid groups (broad SMARTS) is 1. The van der Waals surface area contributed by atoms with Crippen molar-refractivity contribution in [1.82, 2.24) is 5.32 Å². The summed E-state index contributed by atoms with van der Waals surface area (Å²) >= 11 is 0. The fraction of sp³-hybridized carbons (Fsp3) is 0.438. The van der Waals surface area contributed by atoms with E-state index in [1.54, 1.807) is 24.3 Å². The number of hydrogen-bond donors (Lipinski definition) is 2. The Morgan fingerprint density at radius 3 is 2.27 bits per heavy atom. The van der Waals surface area contributed by atoms with E-state index in [-0.39, 0.29) is 18.1 Å². The van der Waals surface area contributed by atoms with Crippen LogP contribution in [0.3, 0.4) is 0 Å². The van der Waals surface area contributed by atoms with E-state index in [0.29, 0.717) is 24.3 Å². The Morgan fingerprint density at radius 1 is 1.18 bits per heavy atom. The zero-order valence-electron chi connectivity index (χ0n) is 13.0. The van der Waals surface area contributed by atoms with Crippen LogP contribution >= 0.6 is 0 Å². The van der Waals surface area contributed by atoms with Crippen LogP contribution in [-0.2, 0) is 9.59 Å². The molecule has 0 saturated heterocycles. The highest BCUT2D eigenvalue weighted by Gasteiger charge is 2.28. The number of Topliss-reactive ketones (excluding diaryl/α,β-unsaturated/α-hetero) is 1. The fourth-order valence-electron chi connectivity index (χ4n) is 1.67. The van der Waals surface area contributed by atoms with Gasteiger partial charge in [0, 0.05) is 12.0 Å². The van der Waals surface area contributed by atoms with Crippen LogP contribution < -0.4 is 10.1 Å². The molecule has 1 aromatic carbocycles. The molecule has 6 nitrogen and oxygen atoms in total. The Morgan fingerprint density at radius 2 is 1.77 bits per heavy atom. The lowest BCUT2D eigenvalue weighted by atomic mass is 10.1. The van der Waals surface area contributed by atoms with E-state index in [1.807, 2.05) is 0 Å². The van der Waals surface area contributed by atoms with Gasteiger partial charge in [0.2, 0.25) is 5.91 Å². The molecular weight excluding hydrogens is 286 g/mol. The Labute approximate surface area is 129 Å². The first kappa shape index (κ1) is 17.7. The molecule has 0 saturated carbocycles. The second-order valence-electron chi connectivity index (χ2n) is 5.51. The number of carboxylic acids is 1. The van der Waals surface area contributed by atoms with Crippen molar-refractivity contribution in [1.29, 1.82) is 0 Å². The molecule has 0 bridgehead atoms. The van der Waals surface area contributed by atoms with Crippen molar-refractivity contribution in [2.45, 2.75) is 39.2 Å². The van der Waals surface area contributed by atoms with E-state index >= 15 is 0 Å². The van der Waals surface area contributed by atoms with Gasteiger partial charge in [-0.1, -0.05) is 0 Å². The van der Waals surface area contributed by atoms with Gasteiger partial charge >= 0.3 is 5.97 Å². The molecule has 22 heavy (non-hydrogen) atoms. The summed E-state index contributed by atoms with van der Waals surface area (Å²) in [5, 5.41) is 11.4. The van der Waals surface area contributed by atoms with Crippen LogP contribution in [0.25, 0.3) is 0 Å². The van der Waals surface area contributed by atoms with Gasteiger partial charge in [-0.25, -0.2) is 4.79 Å². The van der Waals surface area contributed by atoms with Crippen molar-refractivity contribution in [3.05, 3.63) is 29.8 Å². The maximum absolute atomic E-state index is 11.6. The second-order valence-corrected chi connectivity index (χ2v) is 5.51. The van der Waals surface area contributed by atoms with Gasteiger partial charge in [0.1, 0.15) is 11.3 Å². The average molecular weight is 307 g/mol. The number of rotatable bonds is 8. The van der Waals surface area contributed by atoms with Crippen molar-refractivity contribution in [3.63, 3.8) is 0 Å². The summed E-state index contributed by atoms with van der Waals surface area (Å²) in [6.45, 7) is 4.69. The molecule has 0 unspecified atom stereocenters. The zero-order chi connectivity index (χ0) is 16.8. The van der Waals surface area contributed by atoms with Gasteiger partial charge in [-0.15, -0.1) is 0 Å². The number of carbonyl (C=O) groups excluding carboxylic acids is 2. The normalized spacial score (nSPS) is 10.9. The van der Waals surface area contributed by atoms with Gasteiger partial charge in [0.05, 0.1) is 6.61 Å². The molecule has 0 fully saturated rings. The first-order chi connectivity index (χ1) is 10.2. The Kier molecular flexibility index (Phi) is 6.10. The molecule has 0 heterocycles. The summed E-state index contributed by atoms with van der Waals surface area (Å²) in [5.41, 5.74) is -0.664. The summed E-state index contributed by atoms with van der Waals surface area (Å²) < 4.78 is 5.46.